The van der Waals surface area contributed by atoms with Gasteiger partial charge in [0.05, 0.1) is 7.11 Å². The van der Waals surface area contributed by atoms with Crippen LogP contribution in [-0.4, -0.2) is 18.9 Å². The number of nitrogens with one attached hydrogen (secondary N) is 1. The molecule has 5 nitrogen and oxygen atoms in total. The molecule has 1 aromatic carbocycles. The highest BCUT2D eigenvalue weighted by Gasteiger charge is 2.10. The molecule has 0 radical (unpaired) electrons. The van der Waals surface area contributed by atoms with Crippen LogP contribution in [0.15, 0.2) is 12.1 Å². The second kappa shape index (κ2) is 6.26. The number of ketones is 1. The van der Waals surface area contributed by atoms with Crippen LogP contribution in [0, 0.1) is 6.92 Å². The van der Waals surface area contributed by atoms with Gasteiger partial charge in [-0.15, -0.1) is 0 Å². The van der Waals surface area contributed by atoms with Crippen molar-refractivity contribution < 1.29 is 19.2 Å². The average molecular weight is 272 g/mol. The molecule has 0 fully saturated rings. The van der Waals surface area contributed by atoms with E-state index in [1.54, 1.807) is 12.1 Å². The number of hydrogen-bond donors (Lipinski definition) is 1. The van der Waals surface area contributed by atoms with Crippen molar-refractivity contribution in [2.24, 2.45) is 0 Å². The number of halogens is 1. The fourth-order valence-electron chi connectivity index (χ4n) is 1.26. The van der Waals surface area contributed by atoms with Crippen molar-refractivity contribution in [1.29, 1.82) is 0 Å². The lowest BCUT2D eigenvalue weighted by Gasteiger charge is -2.12. The Morgan fingerprint density at radius 3 is 2.61 bits per heavy atom. The normalized spacial score (nSPS) is 9.78. The zero-order valence-corrected chi connectivity index (χ0v) is 11.1. The monoisotopic (exact) mass is 271 g/mol. The molecule has 0 aromatic heterocycles. The summed E-state index contributed by atoms with van der Waals surface area (Å²) in [6.45, 7) is 3.12. The summed E-state index contributed by atoms with van der Waals surface area (Å²) in [7, 11) is 1.48. The Labute approximate surface area is 110 Å². The number of methoxy groups -OCH3 is 1. The van der Waals surface area contributed by atoms with Crippen molar-refractivity contribution in [1.82, 2.24) is 0 Å². The molecule has 0 aliphatic heterocycles. The zero-order valence-electron chi connectivity index (χ0n) is 10.4. The first kappa shape index (κ1) is 14.3. The van der Waals surface area contributed by atoms with Gasteiger partial charge in [-0.05, 0) is 25.5 Å². The zero-order chi connectivity index (χ0) is 13.7. The number of Topliss-reactive ketones (excluding diaryl/α,β-unsaturated/α-hetero) is 1. The van der Waals surface area contributed by atoms with Crippen molar-refractivity contribution in [2.45, 2.75) is 20.3 Å². The van der Waals surface area contributed by atoms with Gasteiger partial charge in [0.1, 0.15) is 23.6 Å². The molecule has 0 saturated heterocycles. The molecule has 1 N–H and O–H groups in total. The Morgan fingerprint density at radius 1 is 1.39 bits per heavy atom. The highest BCUT2D eigenvalue weighted by atomic mass is 35.5. The van der Waals surface area contributed by atoms with Gasteiger partial charge in [-0.1, -0.05) is 11.6 Å². The first-order valence-corrected chi connectivity index (χ1v) is 5.61. The molecule has 18 heavy (non-hydrogen) atoms. The summed E-state index contributed by atoms with van der Waals surface area (Å²) in [4.78, 5) is 26.7. The Kier molecular flexibility index (Phi) is 4.97. The smallest absolute Gasteiger partial charge is 0.339 e. The number of carbonyl (C=O) groups is 2. The summed E-state index contributed by atoms with van der Waals surface area (Å²) in [5, 5.41) is 0.549. The molecule has 0 saturated carbocycles. The third-order valence-electron chi connectivity index (χ3n) is 2.15. The highest BCUT2D eigenvalue weighted by molar-refractivity contribution is 6.31. The van der Waals surface area contributed by atoms with E-state index in [9.17, 15) is 9.59 Å². The van der Waals surface area contributed by atoms with Crippen molar-refractivity contribution in [2.75, 3.05) is 12.6 Å². The highest BCUT2D eigenvalue weighted by Crippen LogP contribution is 2.30. The van der Waals surface area contributed by atoms with E-state index in [0.29, 0.717) is 16.5 Å². The lowest BCUT2D eigenvalue weighted by molar-refractivity contribution is -0.143. The lowest BCUT2D eigenvalue weighted by Crippen LogP contribution is -2.13. The molecule has 1 aromatic rings. The van der Waals surface area contributed by atoms with Crippen LogP contribution in [0.2, 0.25) is 5.02 Å². The van der Waals surface area contributed by atoms with E-state index < -0.39 is 5.97 Å². The van der Waals surface area contributed by atoms with E-state index in [0.717, 1.165) is 5.56 Å². The van der Waals surface area contributed by atoms with Gasteiger partial charge >= 0.3 is 5.97 Å². The fraction of sp³-hybridized carbons (Fsp3) is 0.333. The summed E-state index contributed by atoms with van der Waals surface area (Å²) < 4.78 is 5.09. The fourth-order valence-corrected chi connectivity index (χ4v) is 1.42. The van der Waals surface area contributed by atoms with Gasteiger partial charge in [-0.3, -0.25) is 4.79 Å². The third-order valence-corrected chi connectivity index (χ3v) is 2.56. The number of hydrogen-bond acceptors (Lipinski definition) is 5. The third kappa shape index (κ3) is 3.92. The number of rotatable bonds is 5. The van der Waals surface area contributed by atoms with Crippen LogP contribution < -0.4 is 10.2 Å². The minimum atomic E-state index is -0.655. The lowest BCUT2D eigenvalue weighted by atomic mass is 10.2. The maximum atomic E-state index is 11.2. The van der Waals surface area contributed by atoms with Crippen LogP contribution in [0.1, 0.15) is 18.9 Å². The van der Waals surface area contributed by atoms with Gasteiger partial charge in [0.15, 0.2) is 0 Å². The summed E-state index contributed by atoms with van der Waals surface area (Å²) in [6.07, 6.45) is -0.276. The van der Waals surface area contributed by atoms with Crippen molar-refractivity contribution in [3.8, 4) is 5.75 Å². The van der Waals surface area contributed by atoms with E-state index in [2.05, 4.69) is 5.48 Å². The predicted molar refractivity (Wildman–Crippen MR) is 67.8 cm³/mol. The molecule has 0 amide bonds. The molecule has 0 unspecified atom stereocenters. The summed E-state index contributed by atoms with van der Waals surface area (Å²) in [5.41, 5.74) is 3.73. The number of carbonyl (C=O) groups excluding carboxylic acids is 2. The van der Waals surface area contributed by atoms with E-state index in [4.69, 9.17) is 21.2 Å². The average Bonchev–Trinajstić information content (AvgIpc) is 2.29. The summed E-state index contributed by atoms with van der Waals surface area (Å²) in [6, 6.07) is 3.29. The molecule has 0 heterocycles. The van der Waals surface area contributed by atoms with Gasteiger partial charge in [0.2, 0.25) is 0 Å². The Hall–Kier alpha value is -1.75. The summed E-state index contributed by atoms with van der Waals surface area (Å²) in [5.74, 6) is -0.473. The van der Waals surface area contributed by atoms with Crippen LogP contribution in [0.25, 0.3) is 0 Å². The predicted octanol–water partition coefficient (Wildman–Crippen LogP) is 2.51. The number of ether oxygens (including phenoxy) is 1. The van der Waals surface area contributed by atoms with Gasteiger partial charge in [0, 0.05) is 11.1 Å². The largest absolute Gasteiger partial charge is 0.494 e. The van der Waals surface area contributed by atoms with Crippen molar-refractivity contribution in [3.05, 3.63) is 22.7 Å². The van der Waals surface area contributed by atoms with Crippen LogP contribution >= 0.6 is 11.6 Å². The molecule has 0 atom stereocenters. The second-order valence-corrected chi connectivity index (χ2v) is 4.16. The van der Waals surface area contributed by atoms with Crippen LogP contribution in [0.3, 0.4) is 0 Å². The summed E-state index contributed by atoms with van der Waals surface area (Å²) >= 11 is 5.94. The maximum absolute atomic E-state index is 11.2. The minimum absolute atomic E-state index is 0.263. The number of benzene rings is 1. The van der Waals surface area contributed by atoms with Gasteiger partial charge in [-0.2, -0.15) is 0 Å². The molecule has 0 aliphatic rings. The van der Waals surface area contributed by atoms with E-state index in [-0.39, 0.29) is 12.2 Å². The topological polar surface area (TPSA) is 64.6 Å². The standard InChI is InChI=1S/C12H14ClNO4/c1-7-4-10(11(17-3)6-9(7)13)14-18-12(16)5-8(2)15/h4,6,14H,5H2,1-3H3. The van der Waals surface area contributed by atoms with Gasteiger partial charge < -0.3 is 9.57 Å². The first-order valence-electron chi connectivity index (χ1n) is 5.23. The number of aryl methyl sites for hydroxylation is 1. The second-order valence-electron chi connectivity index (χ2n) is 3.76. The molecule has 1 rings (SSSR count). The van der Waals surface area contributed by atoms with Gasteiger partial charge in [0.25, 0.3) is 0 Å². The Balaban J connectivity index is 2.75. The first-order chi connectivity index (χ1) is 8.43. The van der Waals surface area contributed by atoms with Crippen LogP contribution in [0.4, 0.5) is 5.69 Å². The molecule has 6 heteroatoms. The molecule has 0 bridgehead atoms. The van der Waals surface area contributed by atoms with Crippen molar-refractivity contribution in [3.63, 3.8) is 0 Å². The SMILES string of the molecule is COc1cc(Cl)c(C)cc1NOC(=O)CC(C)=O. The molecular formula is C12H14ClNO4. The van der Waals surface area contributed by atoms with Crippen molar-refractivity contribution >= 4 is 29.0 Å². The minimum Gasteiger partial charge on any atom is -0.494 e. The molecule has 98 valence electrons. The van der Waals surface area contributed by atoms with Crippen LogP contribution in [0.5, 0.6) is 5.75 Å². The van der Waals surface area contributed by atoms with E-state index in [1.165, 1.54) is 14.0 Å². The van der Waals surface area contributed by atoms with Gasteiger partial charge in [-0.25, -0.2) is 10.3 Å². The quantitative estimate of drug-likeness (QED) is 0.658. The maximum Gasteiger partial charge on any atom is 0.339 e. The molecular weight excluding hydrogens is 258 g/mol. The van der Waals surface area contributed by atoms with E-state index >= 15 is 0 Å². The molecule has 0 spiro atoms. The number of anilines is 1. The van der Waals surface area contributed by atoms with Crippen LogP contribution in [-0.2, 0) is 14.4 Å². The Morgan fingerprint density at radius 2 is 2.06 bits per heavy atom. The molecule has 0 aliphatic carbocycles. The Bertz CT molecular complexity index is 473. The van der Waals surface area contributed by atoms with E-state index in [1.807, 2.05) is 6.92 Å².